The molecule has 0 N–H and O–H groups in total. The lowest BCUT2D eigenvalue weighted by atomic mass is 10.0. The van der Waals surface area contributed by atoms with Crippen LogP contribution < -0.4 is 0 Å². The lowest BCUT2D eigenvalue weighted by molar-refractivity contribution is -0.135. The van der Waals surface area contributed by atoms with Crippen LogP contribution in [0, 0.1) is 5.92 Å². The molecule has 0 spiro atoms. The summed E-state index contributed by atoms with van der Waals surface area (Å²) in [5.41, 5.74) is 1.23. The molecule has 1 saturated carbocycles. The summed E-state index contributed by atoms with van der Waals surface area (Å²) in [4.78, 5) is 17.8. The maximum Gasteiger partial charge on any atom is 0.226 e. The van der Waals surface area contributed by atoms with Crippen molar-refractivity contribution >= 4 is 5.91 Å². The minimum atomic E-state index is 0.196. The van der Waals surface area contributed by atoms with Crippen LogP contribution in [0.15, 0.2) is 12.4 Å². The van der Waals surface area contributed by atoms with Crippen LogP contribution >= 0.6 is 0 Å². The third kappa shape index (κ3) is 2.87. The number of hydrogen-bond acceptors (Lipinski definition) is 3. The summed E-state index contributed by atoms with van der Waals surface area (Å²) in [6, 6.07) is 1.90. The van der Waals surface area contributed by atoms with Gasteiger partial charge in [0, 0.05) is 50.4 Å². The van der Waals surface area contributed by atoms with E-state index in [2.05, 4.69) is 34.9 Å². The largest absolute Gasteiger partial charge is 0.341 e. The van der Waals surface area contributed by atoms with Crippen molar-refractivity contribution in [2.45, 2.75) is 70.0 Å². The lowest BCUT2D eigenvalue weighted by Gasteiger charge is -2.41. The summed E-state index contributed by atoms with van der Waals surface area (Å²) < 4.78 is 1.84. The Kier molecular flexibility index (Phi) is 4.15. The van der Waals surface area contributed by atoms with Crippen LogP contribution in [0.1, 0.15) is 57.4 Å². The standard InChI is InChI=1S/C19H30N4O/c1-13-6-7-14(2)23(13)16-5-4-8-22(12-16)19(24)18-9-17(18)15-10-20-21(3)11-15/h10-11,13-14,16-18H,4-9,12H2,1-3H3. The number of piperidine rings is 1. The number of hydrogen-bond donors (Lipinski definition) is 0. The molecule has 3 fully saturated rings. The van der Waals surface area contributed by atoms with Gasteiger partial charge in [0.15, 0.2) is 0 Å². The molecule has 1 aromatic rings. The first-order chi connectivity index (χ1) is 11.5. The second-order valence-electron chi connectivity index (χ2n) is 8.20. The fourth-order valence-electron chi connectivity index (χ4n) is 5.04. The van der Waals surface area contributed by atoms with Gasteiger partial charge in [0.05, 0.1) is 6.20 Å². The molecule has 132 valence electrons. The molecule has 1 aliphatic carbocycles. The highest BCUT2D eigenvalue weighted by Crippen LogP contribution is 2.48. The topological polar surface area (TPSA) is 41.4 Å². The van der Waals surface area contributed by atoms with Crippen LogP contribution in [0.25, 0.3) is 0 Å². The van der Waals surface area contributed by atoms with Crippen molar-refractivity contribution in [3.8, 4) is 0 Å². The molecule has 0 aromatic carbocycles. The first-order valence-electron chi connectivity index (χ1n) is 9.59. The number of carbonyl (C=O) groups excluding carboxylic acids is 1. The molecule has 0 radical (unpaired) electrons. The fraction of sp³-hybridized carbons (Fsp3) is 0.789. The number of aromatic nitrogens is 2. The molecular formula is C19H30N4O. The van der Waals surface area contributed by atoms with Gasteiger partial charge in [-0.3, -0.25) is 14.4 Å². The Labute approximate surface area is 145 Å². The summed E-state index contributed by atoms with van der Waals surface area (Å²) >= 11 is 0. The van der Waals surface area contributed by atoms with E-state index in [0.29, 0.717) is 30.0 Å². The van der Waals surface area contributed by atoms with Crippen LogP contribution in [0.3, 0.4) is 0 Å². The Morgan fingerprint density at radius 1 is 1.21 bits per heavy atom. The van der Waals surface area contributed by atoms with Gasteiger partial charge in [-0.25, -0.2) is 0 Å². The van der Waals surface area contributed by atoms with E-state index in [9.17, 15) is 4.79 Å². The zero-order chi connectivity index (χ0) is 16.8. The van der Waals surface area contributed by atoms with E-state index in [4.69, 9.17) is 0 Å². The maximum atomic E-state index is 13.0. The highest BCUT2D eigenvalue weighted by atomic mass is 16.2. The van der Waals surface area contributed by atoms with Crippen LogP contribution in [0.4, 0.5) is 0 Å². The van der Waals surface area contributed by atoms with Crippen LogP contribution in [0.5, 0.6) is 0 Å². The Bertz CT molecular complexity index is 602. The predicted molar refractivity (Wildman–Crippen MR) is 93.7 cm³/mol. The van der Waals surface area contributed by atoms with Crippen molar-refractivity contribution in [1.29, 1.82) is 0 Å². The van der Waals surface area contributed by atoms with Gasteiger partial charge in [0.25, 0.3) is 0 Å². The van der Waals surface area contributed by atoms with Crippen molar-refractivity contribution in [1.82, 2.24) is 19.6 Å². The molecule has 24 heavy (non-hydrogen) atoms. The summed E-state index contributed by atoms with van der Waals surface area (Å²) in [6.07, 6.45) is 9.98. The van der Waals surface area contributed by atoms with E-state index < -0.39 is 0 Å². The van der Waals surface area contributed by atoms with Crippen molar-refractivity contribution < 1.29 is 4.79 Å². The Morgan fingerprint density at radius 2 is 1.96 bits per heavy atom. The van der Waals surface area contributed by atoms with Gasteiger partial charge in [-0.1, -0.05) is 0 Å². The molecular weight excluding hydrogens is 300 g/mol. The molecule has 1 amide bonds. The van der Waals surface area contributed by atoms with Gasteiger partial charge in [0.2, 0.25) is 5.91 Å². The van der Waals surface area contributed by atoms with Crippen molar-refractivity contribution in [2.75, 3.05) is 13.1 Å². The number of nitrogens with zero attached hydrogens (tertiary/aromatic N) is 4. The average Bonchev–Trinajstić information content (AvgIpc) is 3.15. The molecule has 3 aliphatic rings. The maximum absolute atomic E-state index is 13.0. The second-order valence-corrected chi connectivity index (χ2v) is 8.20. The highest BCUT2D eigenvalue weighted by molar-refractivity contribution is 5.83. The van der Waals surface area contributed by atoms with Gasteiger partial charge in [0.1, 0.15) is 0 Å². The van der Waals surface area contributed by atoms with E-state index in [1.165, 1.54) is 24.8 Å². The van der Waals surface area contributed by atoms with E-state index in [1.54, 1.807) is 0 Å². The molecule has 5 nitrogen and oxygen atoms in total. The molecule has 5 heteroatoms. The van der Waals surface area contributed by atoms with E-state index in [1.807, 2.05) is 17.9 Å². The van der Waals surface area contributed by atoms with Crippen molar-refractivity contribution in [3.63, 3.8) is 0 Å². The normalized spacial score (nSPS) is 37.0. The first kappa shape index (κ1) is 16.1. The highest BCUT2D eigenvalue weighted by Gasteiger charge is 2.47. The summed E-state index contributed by atoms with van der Waals surface area (Å²) in [6.45, 7) is 6.58. The molecule has 4 rings (SSSR count). The van der Waals surface area contributed by atoms with E-state index in [0.717, 1.165) is 25.9 Å². The summed E-state index contributed by atoms with van der Waals surface area (Å²) in [7, 11) is 1.94. The van der Waals surface area contributed by atoms with E-state index in [-0.39, 0.29) is 5.92 Å². The summed E-state index contributed by atoms with van der Waals surface area (Å²) in [5.74, 6) is 0.977. The molecule has 5 unspecified atom stereocenters. The Morgan fingerprint density at radius 3 is 2.62 bits per heavy atom. The number of likely N-dealkylation sites (tertiary alicyclic amines) is 2. The molecule has 3 heterocycles. The molecule has 2 saturated heterocycles. The van der Waals surface area contributed by atoms with Crippen LogP contribution in [0.2, 0.25) is 0 Å². The SMILES string of the molecule is CC1CCC(C)N1C1CCCN(C(=O)C2CC2c2cnn(C)c2)C1. The minimum Gasteiger partial charge on any atom is -0.341 e. The zero-order valence-electron chi connectivity index (χ0n) is 15.2. The third-order valence-corrected chi connectivity index (χ3v) is 6.41. The van der Waals surface area contributed by atoms with Gasteiger partial charge in [-0.2, -0.15) is 5.10 Å². The molecule has 1 aromatic heterocycles. The van der Waals surface area contributed by atoms with Crippen LogP contribution in [-0.2, 0) is 11.8 Å². The average molecular weight is 330 g/mol. The third-order valence-electron chi connectivity index (χ3n) is 6.41. The quantitative estimate of drug-likeness (QED) is 0.854. The van der Waals surface area contributed by atoms with Crippen LogP contribution in [-0.4, -0.2) is 56.7 Å². The zero-order valence-corrected chi connectivity index (χ0v) is 15.2. The summed E-state index contributed by atoms with van der Waals surface area (Å²) in [5, 5.41) is 4.25. The lowest BCUT2D eigenvalue weighted by Crippen LogP contribution is -2.52. The predicted octanol–water partition coefficient (Wildman–Crippen LogP) is 2.39. The molecule has 5 atom stereocenters. The number of amides is 1. The monoisotopic (exact) mass is 330 g/mol. The molecule has 2 aliphatic heterocycles. The Hall–Kier alpha value is -1.36. The molecule has 0 bridgehead atoms. The number of rotatable bonds is 3. The van der Waals surface area contributed by atoms with Gasteiger partial charge < -0.3 is 4.90 Å². The Balaban J connectivity index is 1.39. The first-order valence-corrected chi connectivity index (χ1v) is 9.59. The van der Waals surface area contributed by atoms with Gasteiger partial charge >= 0.3 is 0 Å². The second kappa shape index (κ2) is 6.17. The van der Waals surface area contributed by atoms with Gasteiger partial charge in [-0.05, 0) is 57.4 Å². The van der Waals surface area contributed by atoms with Gasteiger partial charge in [-0.15, -0.1) is 0 Å². The number of carbonyl (C=O) groups is 1. The fourth-order valence-corrected chi connectivity index (χ4v) is 5.04. The number of aryl methyl sites for hydroxylation is 1. The minimum absolute atomic E-state index is 0.196. The van der Waals surface area contributed by atoms with E-state index >= 15 is 0 Å². The van der Waals surface area contributed by atoms with Crippen molar-refractivity contribution in [2.24, 2.45) is 13.0 Å². The smallest absolute Gasteiger partial charge is 0.226 e. The van der Waals surface area contributed by atoms with Crippen molar-refractivity contribution in [3.05, 3.63) is 18.0 Å².